The van der Waals surface area contributed by atoms with Gasteiger partial charge in [-0.2, -0.15) is 0 Å². The fraction of sp³-hybridized carbons (Fsp3) is 0.500. The average molecular weight is 268 g/mol. The van der Waals surface area contributed by atoms with E-state index in [0.29, 0.717) is 12.0 Å². The third-order valence-electron chi connectivity index (χ3n) is 3.63. The summed E-state index contributed by atoms with van der Waals surface area (Å²) in [4.78, 5) is 10.8. The number of carboxylic acid groups (broad SMARTS) is 1. The van der Waals surface area contributed by atoms with Gasteiger partial charge in [-0.15, -0.1) is 0 Å². The summed E-state index contributed by atoms with van der Waals surface area (Å²) in [7, 11) is 0. The number of aliphatic carboxylic acids is 1. The Bertz CT molecular complexity index is 418. The molecule has 1 saturated carbocycles. The Labute approximate surface area is 112 Å². The zero-order valence-corrected chi connectivity index (χ0v) is 11.2. The predicted molar refractivity (Wildman–Crippen MR) is 72.1 cm³/mol. The lowest BCUT2D eigenvalue weighted by Gasteiger charge is -2.16. The van der Waals surface area contributed by atoms with Crippen molar-refractivity contribution in [3.8, 4) is 0 Å². The standard InChI is InChI=1S/C14H18ClNO2/c1-9(14(17)18)16-13-7-4-11(8-13)10-2-5-12(15)6-3-10/h2-3,5-6,9,11,13,16H,4,7-8H2,1H3,(H,17,18)/t9-,11?,13?/m1/s1. The molecule has 4 heteroatoms. The van der Waals surface area contributed by atoms with E-state index in [9.17, 15) is 4.79 Å². The summed E-state index contributed by atoms with van der Waals surface area (Å²) in [5, 5.41) is 12.8. The molecule has 1 aliphatic rings. The van der Waals surface area contributed by atoms with Crippen molar-refractivity contribution in [1.29, 1.82) is 0 Å². The van der Waals surface area contributed by atoms with Gasteiger partial charge >= 0.3 is 5.97 Å². The van der Waals surface area contributed by atoms with E-state index >= 15 is 0 Å². The van der Waals surface area contributed by atoms with Crippen molar-refractivity contribution < 1.29 is 9.90 Å². The Morgan fingerprint density at radius 3 is 2.67 bits per heavy atom. The SMILES string of the molecule is C[C@@H](NC1CCC(c2ccc(Cl)cc2)C1)C(=O)O. The number of nitrogens with one attached hydrogen (secondary N) is 1. The molecule has 2 rings (SSSR count). The van der Waals surface area contributed by atoms with Crippen molar-refractivity contribution in [2.45, 2.75) is 44.2 Å². The number of benzene rings is 1. The number of hydrogen-bond acceptors (Lipinski definition) is 2. The normalized spacial score (nSPS) is 25.0. The van der Waals surface area contributed by atoms with Crippen LogP contribution >= 0.6 is 11.6 Å². The van der Waals surface area contributed by atoms with Crippen LogP contribution in [0.2, 0.25) is 5.02 Å². The zero-order valence-electron chi connectivity index (χ0n) is 10.4. The highest BCUT2D eigenvalue weighted by molar-refractivity contribution is 6.30. The quantitative estimate of drug-likeness (QED) is 0.882. The maximum Gasteiger partial charge on any atom is 0.320 e. The lowest BCUT2D eigenvalue weighted by Crippen LogP contribution is -2.40. The Balaban J connectivity index is 1.92. The molecule has 0 spiro atoms. The molecular formula is C14H18ClNO2. The second-order valence-corrected chi connectivity index (χ2v) is 5.42. The van der Waals surface area contributed by atoms with E-state index in [1.165, 1.54) is 5.56 Å². The van der Waals surface area contributed by atoms with Crippen LogP contribution in [-0.4, -0.2) is 23.2 Å². The van der Waals surface area contributed by atoms with Crippen LogP contribution in [0, 0.1) is 0 Å². The van der Waals surface area contributed by atoms with E-state index in [4.69, 9.17) is 16.7 Å². The summed E-state index contributed by atoms with van der Waals surface area (Å²) >= 11 is 5.87. The molecule has 0 heterocycles. The van der Waals surface area contributed by atoms with Crippen molar-refractivity contribution in [2.75, 3.05) is 0 Å². The molecule has 1 aromatic rings. The lowest BCUT2D eigenvalue weighted by molar-refractivity contribution is -0.139. The molecule has 98 valence electrons. The van der Waals surface area contributed by atoms with Gasteiger partial charge in [0, 0.05) is 11.1 Å². The molecule has 0 amide bonds. The van der Waals surface area contributed by atoms with E-state index in [1.807, 2.05) is 12.1 Å². The first-order valence-corrected chi connectivity index (χ1v) is 6.68. The number of carbonyl (C=O) groups is 1. The van der Waals surface area contributed by atoms with Gasteiger partial charge in [0.1, 0.15) is 6.04 Å². The van der Waals surface area contributed by atoms with Crippen molar-refractivity contribution in [3.05, 3.63) is 34.9 Å². The molecule has 1 aliphatic carbocycles. The summed E-state index contributed by atoms with van der Waals surface area (Å²) < 4.78 is 0. The van der Waals surface area contributed by atoms with Gasteiger partial charge in [0.05, 0.1) is 0 Å². The predicted octanol–water partition coefficient (Wildman–Crippen LogP) is 3.04. The third kappa shape index (κ3) is 3.24. The van der Waals surface area contributed by atoms with Gasteiger partial charge in [0.15, 0.2) is 0 Å². The minimum absolute atomic E-state index is 0.303. The fourth-order valence-corrected chi connectivity index (χ4v) is 2.72. The van der Waals surface area contributed by atoms with Gasteiger partial charge in [0.2, 0.25) is 0 Å². The molecule has 3 atom stereocenters. The molecule has 0 bridgehead atoms. The van der Waals surface area contributed by atoms with E-state index < -0.39 is 12.0 Å². The average Bonchev–Trinajstić information content (AvgIpc) is 2.78. The van der Waals surface area contributed by atoms with Gasteiger partial charge in [-0.25, -0.2) is 0 Å². The first-order valence-electron chi connectivity index (χ1n) is 6.30. The molecule has 0 saturated heterocycles. The smallest absolute Gasteiger partial charge is 0.320 e. The van der Waals surface area contributed by atoms with Crippen LogP contribution in [0.25, 0.3) is 0 Å². The molecule has 1 aromatic carbocycles. The van der Waals surface area contributed by atoms with Crippen molar-refractivity contribution in [1.82, 2.24) is 5.32 Å². The van der Waals surface area contributed by atoms with E-state index in [2.05, 4.69) is 17.4 Å². The topological polar surface area (TPSA) is 49.3 Å². The molecule has 2 N–H and O–H groups in total. The van der Waals surface area contributed by atoms with Crippen LogP contribution < -0.4 is 5.32 Å². The minimum atomic E-state index is -0.787. The van der Waals surface area contributed by atoms with Gasteiger partial charge in [-0.1, -0.05) is 23.7 Å². The highest BCUT2D eigenvalue weighted by Gasteiger charge is 2.27. The Morgan fingerprint density at radius 1 is 1.39 bits per heavy atom. The molecule has 0 aliphatic heterocycles. The summed E-state index contributed by atoms with van der Waals surface area (Å²) in [6, 6.07) is 7.79. The summed E-state index contributed by atoms with van der Waals surface area (Å²) in [6.45, 7) is 1.69. The maximum atomic E-state index is 10.8. The Hall–Kier alpha value is -1.06. The van der Waals surface area contributed by atoms with Gasteiger partial charge in [-0.05, 0) is 49.8 Å². The van der Waals surface area contributed by atoms with Crippen LogP contribution in [0.4, 0.5) is 0 Å². The summed E-state index contributed by atoms with van der Waals surface area (Å²) in [6.07, 6.45) is 3.13. The van der Waals surface area contributed by atoms with Gasteiger partial charge in [0.25, 0.3) is 0 Å². The zero-order chi connectivity index (χ0) is 13.1. The van der Waals surface area contributed by atoms with Crippen LogP contribution in [-0.2, 0) is 4.79 Å². The lowest BCUT2D eigenvalue weighted by atomic mass is 9.97. The van der Waals surface area contributed by atoms with Crippen molar-refractivity contribution >= 4 is 17.6 Å². The molecule has 3 nitrogen and oxygen atoms in total. The van der Waals surface area contributed by atoms with E-state index in [0.717, 1.165) is 24.3 Å². The number of carboxylic acids is 1. The Morgan fingerprint density at radius 2 is 2.06 bits per heavy atom. The van der Waals surface area contributed by atoms with Gasteiger partial charge < -0.3 is 10.4 Å². The van der Waals surface area contributed by atoms with E-state index in [-0.39, 0.29) is 0 Å². The third-order valence-corrected chi connectivity index (χ3v) is 3.88. The first kappa shape index (κ1) is 13.4. The second kappa shape index (κ2) is 5.72. The Kier molecular flexibility index (Phi) is 4.25. The number of halogens is 1. The van der Waals surface area contributed by atoms with Crippen LogP contribution in [0.1, 0.15) is 37.7 Å². The maximum absolute atomic E-state index is 10.8. The van der Waals surface area contributed by atoms with Crippen LogP contribution in [0.3, 0.4) is 0 Å². The van der Waals surface area contributed by atoms with E-state index in [1.54, 1.807) is 6.92 Å². The molecule has 0 radical (unpaired) electrons. The largest absolute Gasteiger partial charge is 0.480 e. The summed E-state index contributed by atoms with van der Waals surface area (Å²) in [5.74, 6) is -0.272. The fourth-order valence-electron chi connectivity index (χ4n) is 2.60. The van der Waals surface area contributed by atoms with Gasteiger partial charge in [-0.3, -0.25) is 4.79 Å². The highest BCUT2D eigenvalue weighted by atomic mass is 35.5. The van der Waals surface area contributed by atoms with Crippen molar-refractivity contribution in [2.24, 2.45) is 0 Å². The van der Waals surface area contributed by atoms with Crippen molar-refractivity contribution in [3.63, 3.8) is 0 Å². The van der Waals surface area contributed by atoms with Crippen LogP contribution in [0.5, 0.6) is 0 Å². The molecule has 2 unspecified atom stereocenters. The first-order chi connectivity index (χ1) is 8.56. The summed E-state index contributed by atoms with van der Waals surface area (Å²) in [5.41, 5.74) is 1.30. The molecule has 1 fully saturated rings. The second-order valence-electron chi connectivity index (χ2n) is 4.99. The number of hydrogen-bond donors (Lipinski definition) is 2. The minimum Gasteiger partial charge on any atom is -0.480 e. The highest BCUT2D eigenvalue weighted by Crippen LogP contribution is 2.35. The molecule has 18 heavy (non-hydrogen) atoms. The van der Waals surface area contributed by atoms with Crippen LogP contribution in [0.15, 0.2) is 24.3 Å². The molecular weight excluding hydrogens is 250 g/mol. The monoisotopic (exact) mass is 267 g/mol. The number of rotatable bonds is 4. The molecule has 0 aromatic heterocycles.